The molecule has 1 unspecified atom stereocenters. The van der Waals surface area contributed by atoms with Crippen LogP contribution < -0.4 is 17.0 Å². The summed E-state index contributed by atoms with van der Waals surface area (Å²) in [5.41, 5.74) is 11.0. The number of H-pyrrole nitrogens is 1. The first-order valence-electron chi connectivity index (χ1n) is 10.3. The Kier molecular flexibility index (Phi) is 7.40. The van der Waals surface area contributed by atoms with E-state index in [4.69, 9.17) is 25.7 Å². The molecule has 13 heteroatoms. The lowest BCUT2D eigenvalue weighted by atomic mass is 10.1. The molecule has 0 aromatic carbocycles. The largest absolute Gasteiger partial charge is 0.465 e. The van der Waals surface area contributed by atoms with Gasteiger partial charge in [0.2, 0.25) is 5.95 Å². The Balaban J connectivity index is 1.45. The predicted octanol–water partition coefficient (Wildman–Crippen LogP) is 0.177. The molecule has 0 spiro atoms. The third kappa shape index (κ3) is 5.40. The van der Waals surface area contributed by atoms with Crippen LogP contribution in [-0.4, -0.2) is 63.0 Å². The van der Waals surface area contributed by atoms with Gasteiger partial charge >= 0.3 is 11.9 Å². The standard InChI is InChI=1S/C19H27FN6O6/c1-9(2)14(21)18(29)30-5-3-4-13(27)31-7-11-10(20)6-12(32-11)26-8-23-15-16(26)24-19(22)25-17(15)28/h8-12,14H,3-7,21H2,1-2H3,(H3,22,24,25,28)/t10?,11-,12-,14+/m1/s1. The summed E-state index contributed by atoms with van der Waals surface area (Å²) in [4.78, 5) is 45.8. The number of nitrogens with zero attached hydrogens (tertiary/aromatic N) is 3. The normalized spacial score (nSPS) is 21.7. The smallest absolute Gasteiger partial charge is 0.323 e. The lowest BCUT2D eigenvalue weighted by Gasteiger charge is -2.16. The molecule has 2 aromatic rings. The van der Waals surface area contributed by atoms with Crippen LogP contribution in [0, 0.1) is 5.92 Å². The Morgan fingerprint density at radius 2 is 2.16 bits per heavy atom. The van der Waals surface area contributed by atoms with Gasteiger partial charge in [0.05, 0.1) is 12.9 Å². The van der Waals surface area contributed by atoms with Gasteiger partial charge < -0.3 is 25.7 Å². The number of fused-ring (bicyclic) bond motifs is 1. The van der Waals surface area contributed by atoms with Crippen molar-refractivity contribution in [3.63, 3.8) is 0 Å². The number of alkyl halides is 1. The van der Waals surface area contributed by atoms with E-state index in [9.17, 15) is 18.8 Å². The van der Waals surface area contributed by atoms with Crippen LogP contribution in [0.15, 0.2) is 11.1 Å². The van der Waals surface area contributed by atoms with Crippen LogP contribution in [0.5, 0.6) is 0 Å². The lowest BCUT2D eigenvalue weighted by Crippen LogP contribution is -2.37. The van der Waals surface area contributed by atoms with Crippen LogP contribution in [0.25, 0.3) is 11.2 Å². The van der Waals surface area contributed by atoms with Crippen LogP contribution in [0.4, 0.5) is 10.3 Å². The zero-order valence-corrected chi connectivity index (χ0v) is 17.8. The second-order valence-corrected chi connectivity index (χ2v) is 7.88. The van der Waals surface area contributed by atoms with Crippen LogP contribution in [0.2, 0.25) is 0 Å². The summed E-state index contributed by atoms with van der Waals surface area (Å²) in [7, 11) is 0. The quantitative estimate of drug-likeness (QED) is 0.350. The highest BCUT2D eigenvalue weighted by Crippen LogP contribution is 2.32. The van der Waals surface area contributed by atoms with Crippen molar-refractivity contribution >= 4 is 29.1 Å². The number of hydrogen-bond acceptors (Lipinski definition) is 10. The minimum Gasteiger partial charge on any atom is -0.465 e. The maximum Gasteiger partial charge on any atom is 0.323 e. The third-order valence-electron chi connectivity index (χ3n) is 5.09. The number of ether oxygens (including phenoxy) is 3. The fraction of sp³-hybridized carbons (Fsp3) is 0.632. The molecule has 3 heterocycles. The predicted molar refractivity (Wildman–Crippen MR) is 110 cm³/mol. The van der Waals surface area contributed by atoms with Crippen molar-refractivity contribution in [1.29, 1.82) is 0 Å². The van der Waals surface area contributed by atoms with Gasteiger partial charge in [-0.15, -0.1) is 0 Å². The summed E-state index contributed by atoms with van der Waals surface area (Å²) >= 11 is 0. The maximum absolute atomic E-state index is 14.4. The summed E-state index contributed by atoms with van der Waals surface area (Å²) in [6, 6.07) is -0.714. The first-order chi connectivity index (χ1) is 15.2. The molecule has 1 aliphatic rings. The number of imidazole rings is 1. The Morgan fingerprint density at radius 1 is 1.41 bits per heavy atom. The number of aromatic nitrogens is 4. The number of nitrogens with two attached hydrogens (primary N) is 2. The lowest BCUT2D eigenvalue weighted by molar-refractivity contribution is -0.152. The van der Waals surface area contributed by atoms with Gasteiger partial charge in [0.15, 0.2) is 11.2 Å². The van der Waals surface area contributed by atoms with E-state index in [1.54, 1.807) is 13.8 Å². The molecule has 1 fully saturated rings. The first-order valence-corrected chi connectivity index (χ1v) is 10.3. The van der Waals surface area contributed by atoms with Gasteiger partial charge in [-0.25, -0.2) is 9.37 Å². The van der Waals surface area contributed by atoms with Crippen LogP contribution in [0.3, 0.4) is 0 Å². The summed E-state index contributed by atoms with van der Waals surface area (Å²) in [6.45, 7) is 3.36. The van der Waals surface area contributed by atoms with E-state index >= 15 is 0 Å². The zero-order valence-electron chi connectivity index (χ0n) is 17.8. The second-order valence-electron chi connectivity index (χ2n) is 7.88. The van der Waals surface area contributed by atoms with Gasteiger partial charge in [-0.1, -0.05) is 13.8 Å². The molecule has 0 saturated carbocycles. The molecule has 176 valence electrons. The van der Waals surface area contributed by atoms with E-state index < -0.39 is 42.0 Å². The molecule has 0 bridgehead atoms. The maximum atomic E-state index is 14.4. The van der Waals surface area contributed by atoms with Gasteiger partial charge in [0, 0.05) is 12.8 Å². The molecule has 2 aromatic heterocycles. The van der Waals surface area contributed by atoms with E-state index in [2.05, 4.69) is 15.0 Å². The van der Waals surface area contributed by atoms with Crippen molar-refractivity contribution in [3.8, 4) is 0 Å². The monoisotopic (exact) mass is 454 g/mol. The van der Waals surface area contributed by atoms with Crippen molar-refractivity contribution < 1.29 is 28.2 Å². The fourth-order valence-corrected chi connectivity index (χ4v) is 3.17. The molecular weight excluding hydrogens is 427 g/mol. The first kappa shape index (κ1) is 23.6. The van der Waals surface area contributed by atoms with Crippen molar-refractivity contribution in [1.82, 2.24) is 19.5 Å². The number of nitrogens with one attached hydrogen (secondary N) is 1. The van der Waals surface area contributed by atoms with Gasteiger partial charge in [-0.05, 0) is 12.3 Å². The number of halogens is 1. The molecule has 1 saturated heterocycles. The van der Waals surface area contributed by atoms with Gasteiger partial charge in [-0.2, -0.15) is 4.98 Å². The molecule has 0 radical (unpaired) electrons. The number of rotatable bonds is 9. The summed E-state index contributed by atoms with van der Waals surface area (Å²) in [5.74, 6) is -1.24. The molecule has 1 aliphatic heterocycles. The number of anilines is 1. The van der Waals surface area contributed by atoms with Gasteiger partial charge in [-0.3, -0.25) is 23.9 Å². The van der Waals surface area contributed by atoms with Gasteiger partial charge in [0.25, 0.3) is 5.56 Å². The van der Waals surface area contributed by atoms with Crippen molar-refractivity contribution in [2.45, 2.75) is 57.7 Å². The number of carbonyl (C=O) groups excluding carboxylic acids is 2. The average Bonchev–Trinajstić information content (AvgIpc) is 3.32. The minimum absolute atomic E-state index is 0.00453. The number of esters is 2. The topological polar surface area (TPSA) is 177 Å². The molecule has 4 atom stereocenters. The number of carbonyl (C=O) groups is 2. The number of hydrogen-bond donors (Lipinski definition) is 3. The summed E-state index contributed by atoms with van der Waals surface area (Å²) in [6.07, 6.45) is -1.62. The van der Waals surface area contributed by atoms with Crippen molar-refractivity contribution in [3.05, 3.63) is 16.7 Å². The molecule has 0 aliphatic carbocycles. The number of nitrogen functional groups attached to an aromatic ring is 1. The Bertz CT molecular complexity index is 1020. The van der Waals surface area contributed by atoms with E-state index in [1.165, 1.54) is 10.9 Å². The Labute approximate surface area is 182 Å². The van der Waals surface area contributed by atoms with Gasteiger partial charge in [0.1, 0.15) is 31.2 Å². The zero-order chi connectivity index (χ0) is 23.4. The van der Waals surface area contributed by atoms with Crippen LogP contribution in [0.1, 0.15) is 39.3 Å². The minimum atomic E-state index is -1.40. The molecule has 32 heavy (non-hydrogen) atoms. The molecule has 0 amide bonds. The molecule has 12 nitrogen and oxygen atoms in total. The summed E-state index contributed by atoms with van der Waals surface area (Å²) in [5, 5.41) is 0. The molecule has 3 rings (SSSR count). The van der Waals surface area contributed by atoms with Crippen molar-refractivity contribution in [2.75, 3.05) is 18.9 Å². The highest BCUT2D eigenvalue weighted by atomic mass is 19.1. The van der Waals surface area contributed by atoms with E-state index in [0.717, 1.165) is 0 Å². The Hall–Kier alpha value is -3.06. The second kappa shape index (κ2) is 10.0. The van der Waals surface area contributed by atoms with E-state index in [-0.39, 0.29) is 55.5 Å². The average molecular weight is 454 g/mol. The highest BCUT2D eigenvalue weighted by Gasteiger charge is 2.38. The van der Waals surface area contributed by atoms with Crippen molar-refractivity contribution in [2.24, 2.45) is 11.7 Å². The SMILES string of the molecule is CC(C)[C@H](N)C(=O)OCCCC(=O)OC[C@H]1O[C@@H](n2cnc3c(=O)[nH]c(N)nc32)CC1F. The van der Waals surface area contributed by atoms with Crippen LogP contribution >= 0.6 is 0 Å². The number of aromatic amines is 1. The molecule has 5 N–H and O–H groups in total. The molecular formula is C19H27FN6O6. The summed E-state index contributed by atoms with van der Waals surface area (Å²) < 4.78 is 31.6. The van der Waals surface area contributed by atoms with E-state index in [0.29, 0.717) is 0 Å². The van der Waals surface area contributed by atoms with Crippen LogP contribution in [-0.2, 0) is 23.8 Å². The third-order valence-corrected chi connectivity index (χ3v) is 5.09. The van der Waals surface area contributed by atoms with E-state index in [1.807, 2.05) is 0 Å². The Morgan fingerprint density at radius 3 is 2.88 bits per heavy atom. The highest BCUT2D eigenvalue weighted by molar-refractivity contribution is 5.75. The fourth-order valence-electron chi connectivity index (χ4n) is 3.17.